The first-order valence-corrected chi connectivity index (χ1v) is 9.26. The van der Waals surface area contributed by atoms with Gasteiger partial charge >= 0.3 is 0 Å². The van der Waals surface area contributed by atoms with Crippen molar-refractivity contribution in [1.29, 1.82) is 0 Å². The van der Waals surface area contributed by atoms with E-state index in [0.717, 1.165) is 69.3 Å². The lowest BCUT2D eigenvalue weighted by molar-refractivity contribution is 0.0374. The van der Waals surface area contributed by atoms with Crippen LogP contribution in [-0.2, 0) is 11.3 Å². The Balaban J connectivity index is 1.54. The molecular weight excluding hydrogens is 314 g/mol. The van der Waals surface area contributed by atoms with Gasteiger partial charge < -0.3 is 10.1 Å². The Bertz CT molecular complexity index is 635. The first-order valence-electron chi connectivity index (χ1n) is 9.26. The minimum atomic E-state index is 0.262. The average molecular weight is 343 g/mol. The summed E-state index contributed by atoms with van der Waals surface area (Å²) in [5.41, 5.74) is 3.13. The van der Waals surface area contributed by atoms with Crippen LogP contribution in [0.1, 0.15) is 32.0 Å². The van der Waals surface area contributed by atoms with Crippen LogP contribution >= 0.6 is 0 Å². The van der Waals surface area contributed by atoms with Crippen LogP contribution in [0.15, 0.2) is 30.3 Å². The Morgan fingerprint density at radius 2 is 1.88 bits per heavy atom. The quantitative estimate of drug-likeness (QED) is 0.746. The average Bonchev–Trinajstić information content (AvgIpc) is 3.08. The number of nitrogens with zero attached hydrogens (tertiary/aromatic N) is 4. The van der Waals surface area contributed by atoms with Gasteiger partial charge in [0.2, 0.25) is 0 Å². The molecule has 1 aliphatic heterocycles. The van der Waals surface area contributed by atoms with Gasteiger partial charge in [-0.15, -0.1) is 0 Å². The van der Waals surface area contributed by atoms with Gasteiger partial charge in [-0.05, 0) is 33.4 Å². The molecule has 3 rings (SSSR count). The molecule has 0 amide bonds. The number of hydrogen-bond donors (Lipinski definition) is 1. The molecule has 0 bridgehead atoms. The predicted octanol–water partition coefficient (Wildman–Crippen LogP) is 2.34. The molecule has 1 N–H and O–H groups in total. The predicted molar refractivity (Wildman–Crippen MR) is 99.4 cm³/mol. The minimum Gasteiger partial charge on any atom is -0.379 e. The van der Waals surface area contributed by atoms with E-state index < -0.39 is 0 Å². The largest absolute Gasteiger partial charge is 0.379 e. The first kappa shape index (κ1) is 18.0. The van der Waals surface area contributed by atoms with Crippen LogP contribution in [-0.4, -0.2) is 59.3 Å². The molecule has 0 radical (unpaired) electrons. The zero-order valence-electron chi connectivity index (χ0n) is 15.3. The van der Waals surface area contributed by atoms with Gasteiger partial charge in [-0.1, -0.05) is 30.3 Å². The highest BCUT2D eigenvalue weighted by Crippen LogP contribution is 2.21. The molecule has 1 aliphatic rings. The van der Waals surface area contributed by atoms with Crippen LogP contribution in [0.25, 0.3) is 11.3 Å². The van der Waals surface area contributed by atoms with Gasteiger partial charge in [0.15, 0.2) is 0 Å². The maximum absolute atomic E-state index is 5.39. The van der Waals surface area contributed by atoms with Gasteiger partial charge in [-0.3, -0.25) is 4.90 Å². The van der Waals surface area contributed by atoms with Gasteiger partial charge in [0, 0.05) is 25.2 Å². The topological polar surface area (TPSA) is 55.2 Å². The molecule has 1 aromatic heterocycles. The van der Waals surface area contributed by atoms with Crippen LogP contribution in [0.2, 0.25) is 0 Å². The Hall–Kier alpha value is -1.76. The molecule has 2 heterocycles. The fraction of sp³-hybridized carbons (Fsp3) is 0.579. The molecule has 0 atom stereocenters. The molecule has 1 aromatic carbocycles. The third kappa shape index (κ3) is 5.11. The van der Waals surface area contributed by atoms with E-state index in [0.29, 0.717) is 0 Å². The fourth-order valence-electron chi connectivity index (χ4n) is 2.98. The van der Waals surface area contributed by atoms with Crippen LogP contribution in [0.5, 0.6) is 0 Å². The molecule has 1 saturated heterocycles. The summed E-state index contributed by atoms with van der Waals surface area (Å²) in [5, 5.41) is 12.9. The van der Waals surface area contributed by atoms with Gasteiger partial charge in [0.1, 0.15) is 11.4 Å². The Kier molecular flexibility index (Phi) is 6.55. The van der Waals surface area contributed by atoms with Crippen LogP contribution in [0, 0.1) is 0 Å². The molecule has 6 nitrogen and oxygen atoms in total. The summed E-state index contributed by atoms with van der Waals surface area (Å²) in [5.74, 6) is 0. The van der Waals surface area contributed by atoms with Crippen LogP contribution in [0.4, 0.5) is 0 Å². The second-order valence-electron chi connectivity index (χ2n) is 6.76. The van der Waals surface area contributed by atoms with Gasteiger partial charge in [0.05, 0.1) is 19.3 Å². The summed E-state index contributed by atoms with van der Waals surface area (Å²) in [6.45, 7) is 10.9. The van der Waals surface area contributed by atoms with Crippen molar-refractivity contribution in [2.75, 3.05) is 39.4 Å². The standard InChI is InChI=1S/C19H29N5O/c1-16(2)24-21-18(19(22-24)17-7-4-3-5-8-17)15-20-9-6-10-23-11-13-25-14-12-23/h3-5,7-8,16,20H,6,9-15H2,1-2H3. The lowest BCUT2D eigenvalue weighted by Crippen LogP contribution is -2.37. The summed E-state index contributed by atoms with van der Waals surface area (Å²) in [6.07, 6.45) is 1.14. The fourth-order valence-corrected chi connectivity index (χ4v) is 2.98. The van der Waals surface area contributed by atoms with Crippen molar-refractivity contribution in [2.24, 2.45) is 0 Å². The van der Waals surface area contributed by atoms with Crippen molar-refractivity contribution in [3.05, 3.63) is 36.0 Å². The molecule has 0 saturated carbocycles. The molecule has 0 aliphatic carbocycles. The van der Waals surface area contributed by atoms with E-state index >= 15 is 0 Å². The third-order valence-electron chi connectivity index (χ3n) is 4.43. The number of benzene rings is 1. The van der Waals surface area contributed by atoms with Crippen molar-refractivity contribution in [3.8, 4) is 11.3 Å². The van der Waals surface area contributed by atoms with Crippen molar-refractivity contribution in [1.82, 2.24) is 25.2 Å². The summed E-state index contributed by atoms with van der Waals surface area (Å²) < 4.78 is 5.39. The number of nitrogens with one attached hydrogen (secondary N) is 1. The molecule has 0 spiro atoms. The summed E-state index contributed by atoms with van der Waals surface area (Å²) in [7, 11) is 0. The molecule has 136 valence electrons. The molecule has 2 aromatic rings. The normalized spacial score (nSPS) is 15.8. The Labute approximate surface area is 150 Å². The summed E-state index contributed by atoms with van der Waals surface area (Å²) in [6, 6.07) is 10.6. The SMILES string of the molecule is CC(C)n1nc(CNCCCN2CCOCC2)c(-c2ccccc2)n1. The van der Waals surface area contributed by atoms with Crippen molar-refractivity contribution in [2.45, 2.75) is 32.9 Å². The van der Waals surface area contributed by atoms with Gasteiger partial charge in [-0.2, -0.15) is 15.0 Å². The van der Waals surface area contributed by atoms with E-state index in [2.05, 4.69) is 41.3 Å². The van der Waals surface area contributed by atoms with E-state index in [1.54, 1.807) is 0 Å². The molecular formula is C19H29N5O. The van der Waals surface area contributed by atoms with E-state index in [1.807, 2.05) is 23.0 Å². The second kappa shape index (κ2) is 9.08. The van der Waals surface area contributed by atoms with Crippen LogP contribution in [0.3, 0.4) is 0 Å². The van der Waals surface area contributed by atoms with E-state index in [9.17, 15) is 0 Å². The van der Waals surface area contributed by atoms with Crippen molar-refractivity contribution >= 4 is 0 Å². The third-order valence-corrected chi connectivity index (χ3v) is 4.43. The molecule has 0 unspecified atom stereocenters. The monoisotopic (exact) mass is 343 g/mol. The maximum Gasteiger partial charge on any atom is 0.117 e. The first-order chi connectivity index (χ1) is 12.2. The number of ether oxygens (including phenoxy) is 1. The van der Waals surface area contributed by atoms with Gasteiger partial charge in [0.25, 0.3) is 0 Å². The highest BCUT2D eigenvalue weighted by atomic mass is 16.5. The Morgan fingerprint density at radius 1 is 1.12 bits per heavy atom. The molecule has 1 fully saturated rings. The van der Waals surface area contributed by atoms with Crippen molar-refractivity contribution in [3.63, 3.8) is 0 Å². The minimum absolute atomic E-state index is 0.262. The summed E-state index contributed by atoms with van der Waals surface area (Å²) >= 11 is 0. The smallest absolute Gasteiger partial charge is 0.117 e. The van der Waals surface area contributed by atoms with E-state index in [-0.39, 0.29) is 6.04 Å². The van der Waals surface area contributed by atoms with E-state index in [4.69, 9.17) is 9.84 Å². The highest BCUT2D eigenvalue weighted by molar-refractivity contribution is 5.60. The Morgan fingerprint density at radius 3 is 2.60 bits per heavy atom. The molecule has 6 heteroatoms. The lowest BCUT2D eigenvalue weighted by atomic mass is 10.1. The zero-order chi connectivity index (χ0) is 17.5. The zero-order valence-corrected chi connectivity index (χ0v) is 15.3. The second-order valence-corrected chi connectivity index (χ2v) is 6.76. The highest BCUT2D eigenvalue weighted by Gasteiger charge is 2.14. The maximum atomic E-state index is 5.39. The van der Waals surface area contributed by atoms with Crippen LogP contribution < -0.4 is 5.32 Å². The lowest BCUT2D eigenvalue weighted by Gasteiger charge is -2.26. The summed E-state index contributed by atoms with van der Waals surface area (Å²) in [4.78, 5) is 4.28. The number of morpholine rings is 1. The van der Waals surface area contributed by atoms with Crippen molar-refractivity contribution < 1.29 is 4.74 Å². The number of hydrogen-bond acceptors (Lipinski definition) is 5. The van der Waals surface area contributed by atoms with E-state index in [1.165, 1.54) is 0 Å². The molecule has 25 heavy (non-hydrogen) atoms. The van der Waals surface area contributed by atoms with Gasteiger partial charge in [-0.25, -0.2) is 0 Å². The number of rotatable bonds is 8. The number of aromatic nitrogens is 3.